The van der Waals surface area contributed by atoms with E-state index in [1.165, 1.54) is 0 Å². The fraction of sp³-hybridized carbons (Fsp3) is 0.385. The number of piperazine rings is 2. The van der Waals surface area contributed by atoms with Crippen LogP contribution in [0.3, 0.4) is 0 Å². The van der Waals surface area contributed by atoms with Crippen LogP contribution in [-0.2, 0) is 21.3 Å². The normalized spacial score (nSPS) is 19.0. The Morgan fingerprint density at radius 3 is 1.63 bits per heavy atom. The number of carbonyl (C=O) groups is 3. The van der Waals surface area contributed by atoms with Crippen LogP contribution in [0, 0.1) is 0 Å². The summed E-state index contributed by atoms with van der Waals surface area (Å²) in [4.78, 5) is 58.9. The summed E-state index contributed by atoms with van der Waals surface area (Å²) in [6.45, 7) is 16.1. The van der Waals surface area contributed by atoms with Gasteiger partial charge in [-0.1, -0.05) is 47.5 Å². The SMILES string of the molecule is CC(C)(C)OC(=O)N1CCN(C2c3ccc(Cl)cc3C(C=O)=Cc3cccnc32)CC1.Cn1cncc1C(O)C1=Cc2cccnc2C(N2CCN(C(=O)OC(C)(C)C)CC2)c2ccc(Cl)cc21. The van der Waals surface area contributed by atoms with Crippen LogP contribution < -0.4 is 0 Å². The highest BCUT2D eigenvalue weighted by molar-refractivity contribution is 6.31. The Hall–Kier alpha value is -5.90. The largest absolute Gasteiger partial charge is 0.444 e. The van der Waals surface area contributed by atoms with Crippen molar-refractivity contribution in [1.29, 1.82) is 0 Å². The van der Waals surface area contributed by atoms with Crippen molar-refractivity contribution in [1.82, 2.24) is 39.1 Å². The molecule has 0 radical (unpaired) electrons. The number of hydrogen-bond acceptors (Lipinski definition) is 11. The standard InChI is InChI=1S/C28H32ClN5O3.C24H26ClN3O3/c1-28(2,3)37-27(36)34-12-10-33(11-13-34)25-20-8-7-19(29)15-21(20)22(14-18-6-5-9-31-24(18)25)26(35)23-16-30-17-32(23)4;1-24(2,3)31-23(30)28-11-9-27(10-12-28)22-19-7-6-18(25)14-20(19)17(15-29)13-16-5-4-8-26-21(16)22/h5-9,14-17,25-26,35H,10-13H2,1-4H3;4-8,13-15,22H,9-12H2,1-3H3. The molecule has 5 heterocycles. The number of aliphatic hydroxyl groups excluding tert-OH is 1. The first-order valence-electron chi connectivity index (χ1n) is 22.8. The van der Waals surface area contributed by atoms with E-state index >= 15 is 0 Å². The molecule has 5 aromatic rings. The Kier molecular flexibility index (Phi) is 14.3. The number of ether oxygens (including phenoxy) is 2. The summed E-state index contributed by atoms with van der Waals surface area (Å²) in [5.41, 5.74) is 8.31. The number of aliphatic hydroxyl groups is 1. The number of carbonyl (C=O) groups excluding carboxylic acids is 3. The van der Waals surface area contributed by atoms with Crippen molar-refractivity contribution in [2.75, 3.05) is 52.4 Å². The van der Waals surface area contributed by atoms with E-state index in [2.05, 4.69) is 19.8 Å². The number of allylic oxidation sites excluding steroid dienone is 1. The molecule has 3 aromatic heterocycles. The number of rotatable bonds is 5. The molecule has 3 unspecified atom stereocenters. The molecule has 2 saturated heterocycles. The number of benzene rings is 2. The van der Waals surface area contributed by atoms with Gasteiger partial charge in [0.2, 0.25) is 0 Å². The summed E-state index contributed by atoms with van der Waals surface area (Å²) in [6.07, 6.45) is 10.2. The van der Waals surface area contributed by atoms with Gasteiger partial charge >= 0.3 is 12.2 Å². The molecule has 0 saturated carbocycles. The van der Waals surface area contributed by atoms with Crippen molar-refractivity contribution in [2.45, 2.75) is 70.9 Å². The third-order valence-electron chi connectivity index (χ3n) is 12.3. The fourth-order valence-electron chi connectivity index (χ4n) is 9.21. The van der Waals surface area contributed by atoms with E-state index in [9.17, 15) is 19.5 Å². The molecule has 2 fully saturated rings. The quantitative estimate of drug-likeness (QED) is 0.168. The molecule has 0 spiro atoms. The van der Waals surface area contributed by atoms with Crippen LogP contribution in [-0.4, -0.2) is 126 Å². The van der Waals surface area contributed by atoms with Gasteiger partial charge in [-0.15, -0.1) is 0 Å². The van der Waals surface area contributed by atoms with E-state index in [0.717, 1.165) is 56.6 Å². The van der Waals surface area contributed by atoms with Crippen LogP contribution in [0.25, 0.3) is 23.3 Å². The average molecular weight is 962 g/mol. The summed E-state index contributed by atoms with van der Waals surface area (Å²) in [7, 11) is 1.87. The van der Waals surface area contributed by atoms with Gasteiger partial charge in [0.25, 0.3) is 0 Å². The molecule has 68 heavy (non-hydrogen) atoms. The molecule has 2 aromatic carbocycles. The number of halogens is 2. The van der Waals surface area contributed by atoms with Gasteiger partial charge in [0.15, 0.2) is 6.29 Å². The van der Waals surface area contributed by atoms with Crippen molar-refractivity contribution >= 4 is 65.0 Å². The van der Waals surface area contributed by atoms with Crippen LogP contribution in [0.4, 0.5) is 9.59 Å². The second-order valence-corrected chi connectivity index (χ2v) is 20.3. The number of hydrogen-bond donors (Lipinski definition) is 1. The summed E-state index contributed by atoms with van der Waals surface area (Å²) >= 11 is 12.8. The molecular formula is C52H58Cl2N8O6. The van der Waals surface area contributed by atoms with Crippen molar-refractivity contribution in [3.8, 4) is 0 Å². The third-order valence-corrected chi connectivity index (χ3v) is 12.8. The molecule has 9 rings (SSSR count). The van der Waals surface area contributed by atoms with Crippen molar-refractivity contribution < 1.29 is 29.0 Å². The molecule has 1 N–H and O–H groups in total. The highest BCUT2D eigenvalue weighted by atomic mass is 35.5. The van der Waals surface area contributed by atoms with E-state index in [0.29, 0.717) is 73.7 Å². The predicted molar refractivity (Wildman–Crippen MR) is 264 cm³/mol. The molecule has 0 bridgehead atoms. The van der Waals surface area contributed by atoms with Crippen molar-refractivity contribution in [2.24, 2.45) is 7.05 Å². The summed E-state index contributed by atoms with van der Waals surface area (Å²) in [6, 6.07) is 19.0. The van der Waals surface area contributed by atoms with Crippen LogP contribution in [0.5, 0.6) is 0 Å². The first-order valence-corrected chi connectivity index (χ1v) is 23.6. The van der Waals surface area contributed by atoms with Gasteiger partial charge in [-0.05, 0) is 129 Å². The molecule has 2 aliphatic carbocycles. The highest BCUT2D eigenvalue weighted by Crippen LogP contribution is 2.45. The Labute approximate surface area is 407 Å². The maximum Gasteiger partial charge on any atom is 0.410 e. The molecule has 356 valence electrons. The number of fused-ring (bicyclic) bond motifs is 4. The zero-order chi connectivity index (χ0) is 48.5. The molecule has 2 aliphatic heterocycles. The number of aldehydes is 1. The first-order chi connectivity index (χ1) is 32.4. The lowest BCUT2D eigenvalue weighted by atomic mass is 9.91. The molecule has 14 nitrogen and oxygen atoms in total. The molecular weight excluding hydrogens is 904 g/mol. The minimum Gasteiger partial charge on any atom is -0.444 e. The average Bonchev–Trinajstić information content (AvgIpc) is 3.61. The van der Waals surface area contributed by atoms with Crippen LogP contribution in [0.2, 0.25) is 10.0 Å². The molecule has 16 heteroatoms. The van der Waals surface area contributed by atoms with Crippen molar-refractivity contribution in [3.63, 3.8) is 0 Å². The minimum atomic E-state index is -0.902. The Morgan fingerprint density at radius 2 is 1.18 bits per heavy atom. The first kappa shape index (κ1) is 48.6. The topological polar surface area (TPSA) is 146 Å². The summed E-state index contributed by atoms with van der Waals surface area (Å²) in [5.74, 6) is 0. The van der Waals surface area contributed by atoms with Crippen LogP contribution >= 0.6 is 23.2 Å². The second-order valence-electron chi connectivity index (χ2n) is 19.4. The maximum atomic E-state index is 12.7. The van der Waals surface area contributed by atoms with Crippen LogP contribution in [0.1, 0.15) is 110 Å². The monoisotopic (exact) mass is 960 g/mol. The van der Waals surface area contributed by atoms with Gasteiger partial charge in [-0.2, -0.15) is 0 Å². The Bertz CT molecular complexity index is 2740. The van der Waals surface area contributed by atoms with E-state index in [1.807, 2.05) is 126 Å². The van der Waals surface area contributed by atoms with Gasteiger partial charge in [-0.3, -0.25) is 24.6 Å². The van der Waals surface area contributed by atoms with E-state index in [-0.39, 0.29) is 24.3 Å². The molecule has 3 atom stereocenters. The van der Waals surface area contributed by atoms with E-state index in [4.69, 9.17) is 37.7 Å². The lowest BCUT2D eigenvalue weighted by molar-refractivity contribution is -0.103. The number of amides is 2. The zero-order valence-electron chi connectivity index (χ0n) is 39.5. The number of nitrogens with zero attached hydrogens (tertiary/aromatic N) is 8. The minimum absolute atomic E-state index is 0.141. The highest BCUT2D eigenvalue weighted by Gasteiger charge is 2.37. The predicted octanol–water partition coefficient (Wildman–Crippen LogP) is 9.13. The van der Waals surface area contributed by atoms with Crippen molar-refractivity contribution in [3.05, 3.63) is 146 Å². The van der Waals surface area contributed by atoms with Crippen LogP contribution in [0.15, 0.2) is 85.6 Å². The van der Waals surface area contributed by atoms with E-state index in [1.54, 1.807) is 34.7 Å². The number of pyridine rings is 2. The van der Waals surface area contributed by atoms with E-state index < -0.39 is 17.3 Å². The maximum absolute atomic E-state index is 12.7. The molecule has 4 aliphatic rings. The number of aromatic nitrogens is 4. The fourth-order valence-corrected chi connectivity index (χ4v) is 9.56. The Morgan fingerprint density at radius 1 is 0.706 bits per heavy atom. The van der Waals surface area contributed by atoms with Gasteiger partial charge in [-0.25, -0.2) is 14.6 Å². The van der Waals surface area contributed by atoms with Gasteiger partial charge in [0.05, 0.1) is 41.7 Å². The Balaban J connectivity index is 0.000000187. The van der Waals surface area contributed by atoms with Gasteiger partial charge in [0.1, 0.15) is 17.3 Å². The lowest BCUT2D eigenvalue weighted by Gasteiger charge is -2.40. The second kappa shape index (κ2) is 20.0. The smallest absolute Gasteiger partial charge is 0.410 e. The zero-order valence-corrected chi connectivity index (χ0v) is 41.0. The third kappa shape index (κ3) is 10.7. The summed E-state index contributed by atoms with van der Waals surface area (Å²) in [5, 5.41) is 12.7. The number of imidazole rings is 1. The summed E-state index contributed by atoms with van der Waals surface area (Å²) < 4.78 is 12.9. The van der Waals surface area contributed by atoms with Gasteiger partial charge in [0, 0.05) is 87.4 Å². The molecule has 2 amide bonds. The van der Waals surface area contributed by atoms with Gasteiger partial charge < -0.3 is 28.9 Å². The number of aryl methyl sites for hydroxylation is 1. The lowest BCUT2D eigenvalue weighted by Crippen LogP contribution is -2.51.